The third-order valence-corrected chi connectivity index (χ3v) is 5.03. The van der Waals surface area contributed by atoms with Crippen molar-refractivity contribution in [2.75, 3.05) is 6.54 Å². The van der Waals surface area contributed by atoms with Crippen molar-refractivity contribution in [1.82, 2.24) is 5.32 Å². The molecule has 19 heavy (non-hydrogen) atoms. The van der Waals surface area contributed by atoms with E-state index in [0.29, 0.717) is 12.1 Å². The van der Waals surface area contributed by atoms with Crippen LogP contribution >= 0.6 is 43.2 Å². The van der Waals surface area contributed by atoms with Gasteiger partial charge in [-0.05, 0) is 69.5 Å². The van der Waals surface area contributed by atoms with Crippen LogP contribution in [0.5, 0.6) is 0 Å². The first-order valence-electron chi connectivity index (χ1n) is 5.85. The zero-order chi connectivity index (χ0) is 13.8. The van der Waals surface area contributed by atoms with Gasteiger partial charge < -0.3 is 5.32 Å². The zero-order valence-electron chi connectivity index (χ0n) is 10.4. The zero-order valence-corrected chi connectivity index (χ0v) is 14.4. The van der Waals surface area contributed by atoms with Gasteiger partial charge >= 0.3 is 0 Å². The quantitative estimate of drug-likeness (QED) is 0.798. The second-order valence-electron chi connectivity index (χ2n) is 4.20. The Kier molecular flexibility index (Phi) is 5.19. The summed E-state index contributed by atoms with van der Waals surface area (Å²) in [5, 5.41) is 2.95. The van der Waals surface area contributed by atoms with Gasteiger partial charge in [0, 0.05) is 15.9 Å². The average Bonchev–Trinajstić information content (AvgIpc) is 2.78. The molecule has 1 aromatic heterocycles. The fourth-order valence-electron chi connectivity index (χ4n) is 1.69. The Bertz CT molecular complexity index is 595. The van der Waals surface area contributed by atoms with Crippen LogP contribution in [0.4, 0.5) is 0 Å². The predicted octanol–water partition coefficient (Wildman–Crippen LogP) is 4.55. The highest BCUT2D eigenvalue weighted by molar-refractivity contribution is 9.11. The van der Waals surface area contributed by atoms with E-state index in [4.69, 9.17) is 0 Å². The molecular formula is C14H13Br2NOS. The summed E-state index contributed by atoms with van der Waals surface area (Å²) < 4.78 is 1.95. The fourth-order valence-corrected chi connectivity index (χ4v) is 3.60. The van der Waals surface area contributed by atoms with Gasteiger partial charge in [-0.15, -0.1) is 11.3 Å². The molecule has 5 heteroatoms. The lowest BCUT2D eigenvalue weighted by molar-refractivity contribution is 0.0953. The number of halogens is 2. The van der Waals surface area contributed by atoms with Gasteiger partial charge in [-0.1, -0.05) is 11.6 Å². The number of benzene rings is 1. The van der Waals surface area contributed by atoms with E-state index in [1.807, 2.05) is 31.2 Å². The topological polar surface area (TPSA) is 29.1 Å². The summed E-state index contributed by atoms with van der Waals surface area (Å²) in [5.41, 5.74) is 1.77. The van der Waals surface area contributed by atoms with Crippen LogP contribution in [-0.2, 0) is 6.42 Å². The summed E-state index contributed by atoms with van der Waals surface area (Å²) in [6, 6.07) is 9.87. The maximum absolute atomic E-state index is 12.1. The van der Waals surface area contributed by atoms with Gasteiger partial charge in [-0.25, -0.2) is 0 Å². The number of hydrogen-bond donors (Lipinski definition) is 1. The maximum Gasteiger partial charge on any atom is 0.252 e. The van der Waals surface area contributed by atoms with E-state index in [2.05, 4.69) is 43.2 Å². The minimum Gasteiger partial charge on any atom is -0.352 e. The first kappa shape index (κ1) is 14.8. The van der Waals surface area contributed by atoms with Gasteiger partial charge in [0.05, 0.1) is 9.35 Å². The lowest BCUT2D eigenvalue weighted by Gasteiger charge is -2.07. The molecule has 0 radical (unpaired) electrons. The van der Waals surface area contributed by atoms with Crippen LogP contribution in [-0.4, -0.2) is 12.5 Å². The number of carbonyl (C=O) groups is 1. The van der Waals surface area contributed by atoms with E-state index >= 15 is 0 Å². The van der Waals surface area contributed by atoms with Crippen molar-refractivity contribution in [3.8, 4) is 0 Å². The molecule has 2 rings (SSSR count). The van der Waals surface area contributed by atoms with Crippen LogP contribution in [0.25, 0.3) is 0 Å². The molecule has 1 aromatic carbocycles. The molecule has 0 aliphatic carbocycles. The molecule has 1 N–H and O–H groups in total. The van der Waals surface area contributed by atoms with Gasteiger partial charge in [0.25, 0.3) is 5.91 Å². The summed E-state index contributed by atoms with van der Waals surface area (Å²) in [4.78, 5) is 13.3. The number of hydrogen-bond acceptors (Lipinski definition) is 2. The van der Waals surface area contributed by atoms with Crippen molar-refractivity contribution >= 4 is 49.1 Å². The number of aryl methyl sites for hydroxylation is 1. The van der Waals surface area contributed by atoms with Gasteiger partial charge in [-0.2, -0.15) is 0 Å². The highest BCUT2D eigenvalue weighted by Gasteiger charge is 2.09. The Morgan fingerprint density at radius 3 is 2.74 bits per heavy atom. The minimum atomic E-state index is -0.0359. The van der Waals surface area contributed by atoms with Crippen molar-refractivity contribution in [2.45, 2.75) is 13.3 Å². The van der Waals surface area contributed by atoms with Crippen LogP contribution in [0.3, 0.4) is 0 Å². The molecule has 0 aliphatic rings. The molecule has 0 unspecified atom stereocenters. The number of thiophene rings is 1. The molecular weight excluding hydrogens is 390 g/mol. The number of nitrogens with one attached hydrogen (secondary N) is 1. The predicted molar refractivity (Wildman–Crippen MR) is 86.9 cm³/mol. The van der Waals surface area contributed by atoms with E-state index in [-0.39, 0.29) is 5.91 Å². The van der Waals surface area contributed by atoms with E-state index in [1.165, 1.54) is 4.88 Å². The number of rotatable bonds is 4. The summed E-state index contributed by atoms with van der Waals surface area (Å²) in [5.74, 6) is -0.0359. The Balaban J connectivity index is 1.92. The second kappa shape index (κ2) is 6.68. The van der Waals surface area contributed by atoms with Gasteiger partial charge in [-0.3, -0.25) is 4.79 Å². The van der Waals surface area contributed by atoms with Crippen molar-refractivity contribution in [2.24, 2.45) is 0 Å². The number of amides is 1. The smallest absolute Gasteiger partial charge is 0.252 e. The second-order valence-corrected chi connectivity index (χ2v) is 7.60. The van der Waals surface area contributed by atoms with Crippen molar-refractivity contribution in [1.29, 1.82) is 0 Å². The first-order chi connectivity index (χ1) is 9.06. The van der Waals surface area contributed by atoms with Crippen molar-refractivity contribution < 1.29 is 4.79 Å². The third kappa shape index (κ3) is 4.16. The molecule has 0 saturated carbocycles. The molecule has 0 spiro atoms. The minimum absolute atomic E-state index is 0.0359. The van der Waals surface area contributed by atoms with E-state index < -0.39 is 0 Å². The third-order valence-electron chi connectivity index (χ3n) is 2.65. The largest absolute Gasteiger partial charge is 0.352 e. The summed E-state index contributed by atoms with van der Waals surface area (Å²) in [7, 11) is 0. The Hall–Kier alpha value is -0.650. The molecule has 2 nitrogen and oxygen atoms in total. The molecule has 100 valence electrons. The molecule has 0 bridgehead atoms. The Morgan fingerprint density at radius 2 is 2.05 bits per heavy atom. The van der Waals surface area contributed by atoms with Crippen LogP contribution in [0, 0.1) is 6.92 Å². The van der Waals surface area contributed by atoms with Crippen LogP contribution in [0.15, 0.2) is 38.6 Å². The molecule has 1 heterocycles. The molecule has 0 atom stereocenters. The van der Waals surface area contributed by atoms with Gasteiger partial charge in [0.1, 0.15) is 0 Å². The molecule has 0 saturated heterocycles. The molecule has 0 aliphatic heterocycles. The summed E-state index contributed by atoms with van der Waals surface area (Å²) in [6.45, 7) is 2.62. The summed E-state index contributed by atoms with van der Waals surface area (Å²) >= 11 is 8.54. The van der Waals surface area contributed by atoms with E-state index in [9.17, 15) is 4.79 Å². The maximum atomic E-state index is 12.1. The van der Waals surface area contributed by atoms with Crippen molar-refractivity contribution in [3.05, 3.63) is 54.6 Å². The van der Waals surface area contributed by atoms with Crippen LogP contribution in [0.1, 0.15) is 20.8 Å². The average molecular weight is 403 g/mol. The van der Waals surface area contributed by atoms with Crippen molar-refractivity contribution in [3.63, 3.8) is 0 Å². The van der Waals surface area contributed by atoms with E-state index in [1.54, 1.807) is 11.3 Å². The van der Waals surface area contributed by atoms with Gasteiger partial charge in [0.2, 0.25) is 0 Å². The lowest BCUT2D eigenvalue weighted by atomic mass is 10.1. The Morgan fingerprint density at radius 1 is 1.26 bits per heavy atom. The monoisotopic (exact) mass is 401 g/mol. The normalized spacial score (nSPS) is 10.5. The fraction of sp³-hybridized carbons (Fsp3) is 0.214. The molecule has 2 aromatic rings. The lowest BCUT2D eigenvalue weighted by Crippen LogP contribution is -2.25. The highest BCUT2D eigenvalue weighted by atomic mass is 79.9. The van der Waals surface area contributed by atoms with Crippen LogP contribution < -0.4 is 5.32 Å². The Labute approximate surface area is 133 Å². The van der Waals surface area contributed by atoms with Crippen LogP contribution in [0.2, 0.25) is 0 Å². The number of carbonyl (C=O) groups excluding carboxylic acids is 1. The highest BCUT2D eigenvalue weighted by Crippen LogP contribution is 2.22. The standard InChI is InChI=1S/C14H13Br2NOS/c1-9-2-4-12(15)11(8-9)14(18)17-7-6-10-3-5-13(16)19-10/h2-5,8H,6-7H2,1H3,(H,17,18). The van der Waals surface area contributed by atoms with Gasteiger partial charge in [0.15, 0.2) is 0 Å². The molecule has 1 amide bonds. The summed E-state index contributed by atoms with van der Waals surface area (Å²) in [6.07, 6.45) is 0.853. The molecule has 0 fully saturated rings. The first-order valence-corrected chi connectivity index (χ1v) is 8.25. The SMILES string of the molecule is Cc1ccc(Br)c(C(=O)NCCc2ccc(Br)s2)c1. The van der Waals surface area contributed by atoms with E-state index in [0.717, 1.165) is 20.2 Å².